The van der Waals surface area contributed by atoms with E-state index in [1.165, 1.54) is 4.88 Å². The Morgan fingerprint density at radius 3 is 2.67 bits per heavy atom. The first kappa shape index (κ1) is 16.5. The second-order valence-electron chi connectivity index (χ2n) is 6.56. The number of nitrogens with one attached hydrogen (secondary N) is 1. The molecule has 1 aliphatic rings. The minimum atomic E-state index is -0.432. The van der Waals surface area contributed by atoms with E-state index < -0.39 is 5.54 Å². The van der Waals surface area contributed by atoms with Gasteiger partial charge in [-0.15, -0.1) is 11.3 Å². The van der Waals surface area contributed by atoms with Gasteiger partial charge in [-0.05, 0) is 44.1 Å². The van der Waals surface area contributed by atoms with E-state index in [0.29, 0.717) is 5.92 Å². The van der Waals surface area contributed by atoms with E-state index in [9.17, 15) is 4.79 Å². The average molecular weight is 308 g/mol. The van der Waals surface area contributed by atoms with Gasteiger partial charge in [0, 0.05) is 10.9 Å². The van der Waals surface area contributed by atoms with Crippen LogP contribution < -0.4 is 5.32 Å². The number of nitrogens with zero attached hydrogens (tertiary/aromatic N) is 1. The van der Waals surface area contributed by atoms with E-state index in [4.69, 9.17) is 0 Å². The molecule has 2 heterocycles. The molecule has 0 saturated carbocycles. The quantitative estimate of drug-likeness (QED) is 0.855. The normalized spacial score (nSPS) is 28.9. The van der Waals surface area contributed by atoms with Crippen molar-refractivity contribution in [1.82, 2.24) is 10.2 Å². The molecule has 21 heavy (non-hydrogen) atoms. The lowest BCUT2D eigenvalue weighted by Crippen LogP contribution is -2.44. The van der Waals surface area contributed by atoms with Crippen LogP contribution in [0.2, 0.25) is 0 Å². The molecule has 1 N–H and O–H groups in total. The van der Waals surface area contributed by atoms with Gasteiger partial charge < -0.3 is 4.90 Å². The first-order chi connectivity index (χ1) is 9.92. The van der Waals surface area contributed by atoms with Crippen LogP contribution in [0.1, 0.15) is 64.9 Å². The molecule has 0 aromatic carbocycles. The van der Waals surface area contributed by atoms with Crippen LogP contribution in [0.15, 0.2) is 17.5 Å². The van der Waals surface area contributed by atoms with E-state index >= 15 is 0 Å². The smallest absolute Gasteiger partial charge is 0.244 e. The Labute approximate surface area is 132 Å². The van der Waals surface area contributed by atoms with Crippen molar-refractivity contribution in [1.29, 1.82) is 0 Å². The van der Waals surface area contributed by atoms with Gasteiger partial charge in [-0.2, -0.15) is 0 Å². The molecule has 3 nitrogen and oxygen atoms in total. The minimum absolute atomic E-state index is 0.0292. The molecule has 1 aromatic heterocycles. The fraction of sp³-hybridized carbons (Fsp3) is 0.706. The fourth-order valence-corrected chi connectivity index (χ4v) is 3.83. The molecule has 1 amide bonds. The molecule has 4 heteroatoms. The van der Waals surface area contributed by atoms with Crippen LogP contribution in [0.4, 0.5) is 0 Å². The second kappa shape index (κ2) is 6.49. The van der Waals surface area contributed by atoms with Gasteiger partial charge in [0.25, 0.3) is 0 Å². The Morgan fingerprint density at radius 1 is 1.43 bits per heavy atom. The van der Waals surface area contributed by atoms with Crippen molar-refractivity contribution in [3.05, 3.63) is 22.4 Å². The van der Waals surface area contributed by atoms with E-state index in [1.54, 1.807) is 11.3 Å². The SMILES string of the molecule is CCC(C)CC(C)N1C(=O)C(C)(CC)NC1c1cccs1. The Hall–Kier alpha value is -0.870. The van der Waals surface area contributed by atoms with Gasteiger partial charge >= 0.3 is 0 Å². The average Bonchev–Trinajstić information content (AvgIpc) is 3.07. The lowest BCUT2D eigenvalue weighted by atomic mass is 9.96. The highest BCUT2D eigenvalue weighted by Crippen LogP contribution is 2.37. The summed E-state index contributed by atoms with van der Waals surface area (Å²) in [5.74, 6) is 0.893. The summed E-state index contributed by atoms with van der Waals surface area (Å²) >= 11 is 1.72. The zero-order chi connectivity index (χ0) is 15.6. The molecule has 0 radical (unpaired) electrons. The molecular weight excluding hydrogens is 280 g/mol. The van der Waals surface area contributed by atoms with Crippen molar-refractivity contribution in [2.75, 3.05) is 0 Å². The lowest BCUT2D eigenvalue weighted by Gasteiger charge is -2.31. The van der Waals surface area contributed by atoms with E-state index in [2.05, 4.69) is 55.4 Å². The van der Waals surface area contributed by atoms with Crippen molar-refractivity contribution >= 4 is 17.2 Å². The second-order valence-corrected chi connectivity index (χ2v) is 7.54. The third-order valence-electron chi connectivity index (χ3n) is 4.88. The molecule has 0 bridgehead atoms. The molecule has 2 rings (SSSR count). The molecule has 1 fully saturated rings. The van der Waals surface area contributed by atoms with Gasteiger partial charge in [0.05, 0.1) is 5.54 Å². The van der Waals surface area contributed by atoms with Crippen molar-refractivity contribution in [2.45, 2.75) is 71.6 Å². The molecular formula is C17H28N2OS. The molecule has 1 saturated heterocycles. The summed E-state index contributed by atoms with van der Waals surface area (Å²) in [7, 11) is 0. The molecule has 0 spiro atoms. The summed E-state index contributed by atoms with van der Waals surface area (Å²) in [6.45, 7) is 10.8. The van der Waals surface area contributed by atoms with Gasteiger partial charge in [0.2, 0.25) is 5.91 Å². The Kier molecular flexibility index (Phi) is 5.10. The molecule has 0 aliphatic carbocycles. The minimum Gasteiger partial charge on any atom is -0.318 e. The maximum Gasteiger partial charge on any atom is 0.244 e. The van der Waals surface area contributed by atoms with Gasteiger partial charge in [-0.1, -0.05) is 33.3 Å². The summed E-state index contributed by atoms with van der Waals surface area (Å²) in [6.07, 6.45) is 3.07. The predicted octanol–water partition coefficient (Wildman–Crippen LogP) is 4.17. The first-order valence-electron chi connectivity index (χ1n) is 8.06. The largest absolute Gasteiger partial charge is 0.318 e. The summed E-state index contributed by atoms with van der Waals surface area (Å²) < 4.78 is 0. The molecule has 118 valence electrons. The van der Waals surface area contributed by atoms with Crippen LogP contribution in [0.5, 0.6) is 0 Å². The molecule has 1 aliphatic heterocycles. The number of rotatable bonds is 6. The van der Waals surface area contributed by atoms with Crippen LogP contribution in [-0.4, -0.2) is 22.4 Å². The van der Waals surface area contributed by atoms with Crippen molar-refractivity contribution in [3.63, 3.8) is 0 Å². The maximum atomic E-state index is 12.9. The highest BCUT2D eigenvalue weighted by Gasteiger charge is 2.49. The summed E-state index contributed by atoms with van der Waals surface area (Å²) in [5, 5.41) is 5.66. The van der Waals surface area contributed by atoms with E-state index in [-0.39, 0.29) is 18.1 Å². The number of carbonyl (C=O) groups excluding carboxylic acids is 1. The maximum absolute atomic E-state index is 12.9. The van der Waals surface area contributed by atoms with E-state index in [1.807, 2.05) is 6.92 Å². The van der Waals surface area contributed by atoms with E-state index in [0.717, 1.165) is 19.3 Å². The molecule has 4 atom stereocenters. The van der Waals surface area contributed by atoms with Crippen LogP contribution in [-0.2, 0) is 4.79 Å². The van der Waals surface area contributed by atoms with Crippen molar-refractivity contribution in [3.8, 4) is 0 Å². The number of thiophene rings is 1. The third kappa shape index (κ3) is 3.16. The van der Waals surface area contributed by atoms with Gasteiger partial charge in [-0.3, -0.25) is 10.1 Å². The highest BCUT2D eigenvalue weighted by atomic mass is 32.1. The van der Waals surface area contributed by atoms with Gasteiger partial charge in [-0.25, -0.2) is 0 Å². The van der Waals surface area contributed by atoms with Crippen molar-refractivity contribution < 1.29 is 4.79 Å². The Morgan fingerprint density at radius 2 is 2.14 bits per heavy atom. The van der Waals surface area contributed by atoms with Crippen LogP contribution in [0.3, 0.4) is 0 Å². The van der Waals surface area contributed by atoms with Crippen molar-refractivity contribution in [2.24, 2.45) is 5.92 Å². The number of amides is 1. The fourth-order valence-electron chi connectivity index (χ4n) is 3.06. The lowest BCUT2D eigenvalue weighted by molar-refractivity contribution is -0.135. The summed E-state index contributed by atoms with van der Waals surface area (Å²) in [6, 6.07) is 4.45. The molecule has 1 aromatic rings. The first-order valence-corrected chi connectivity index (χ1v) is 8.94. The zero-order valence-electron chi connectivity index (χ0n) is 13.8. The summed E-state index contributed by atoms with van der Waals surface area (Å²) in [4.78, 5) is 16.3. The topological polar surface area (TPSA) is 32.3 Å². The monoisotopic (exact) mass is 308 g/mol. The zero-order valence-corrected chi connectivity index (χ0v) is 14.7. The van der Waals surface area contributed by atoms with Crippen LogP contribution in [0, 0.1) is 5.92 Å². The molecule has 4 unspecified atom stereocenters. The third-order valence-corrected chi connectivity index (χ3v) is 5.80. The summed E-state index contributed by atoms with van der Waals surface area (Å²) in [5.41, 5.74) is -0.432. The van der Waals surface area contributed by atoms with Gasteiger partial charge in [0.15, 0.2) is 0 Å². The van der Waals surface area contributed by atoms with Gasteiger partial charge in [0.1, 0.15) is 6.17 Å². The van der Waals surface area contributed by atoms with Crippen LogP contribution >= 0.6 is 11.3 Å². The standard InChI is InChI=1S/C17H28N2OS/c1-6-12(3)11-13(4)19-15(14-9-8-10-21-14)18-17(5,7-2)16(19)20/h8-10,12-13,15,18H,6-7,11H2,1-5H3. The van der Waals surface area contributed by atoms with Crippen LogP contribution in [0.25, 0.3) is 0 Å². The number of hydrogen-bond acceptors (Lipinski definition) is 3. The Bertz CT molecular complexity index is 473. The Balaban J connectivity index is 2.27. The number of carbonyl (C=O) groups is 1. The highest BCUT2D eigenvalue weighted by molar-refractivity contribution is 7.10. The number of hydrogen-bond donors (Lipinski definition) is 1. The predicted molar refractivity (Wildman–Crippen MR) is 89.3 cm³/mol.